The molecule has 0 fully saturated rings. The maximum absolute atomic E-state index is 8.77. The summed E-state index contributed by atoms with van der Waals surface area (Å²) in [5.74, 6) is 0. The van der Waals surface area contributed by atoms with Gasteiger partial charge in [-0.05, 0) is 20.3 Å². The summed E-state index contributed by atoms with van der Waals surface area (Å²) >= 11 is 0. The summed E-state index contributed by atoms with van der Waals surface area (Å²) in [5, 5.41) is 8.77. The predicted octanol–water partition coefficient (Wildman–Crippen LogP) is 1.35. The highest BCUT2D eigenvalue weighted by Crippen LogP contribution is 1.95. The van der Waals surface area contributed by atoms with E-state index in [0.29, 0.717) is 13.2 Å². The van der Waals surface area contributed by atoms with Crippen LogP contribution in [-0.4, -0.2) is 24.4 Å². The molecule has 0 aliphatic carbocycles. The maximum Gasteiger partial charge on any atom is 0.0745 e. The number of aliphatic hydroxyl groups is 1. The molecule has 2 heteroatoms. The normalized spacial score (nSPS) is 13.1. The zero-order chi connectivity index (χ0) is 7.98. The molecule has 0 amide bonds. The fraction of sp³-hybridized carbons (Fsp3) is 0.750. The highest BCUT2D eigenvalue weighted by atomic mass is 16.5. The van der Waals surface area contributed by atoms with Crippen LogP contribution >= 0.6 is 0 Å². The number of aliphatic hydroxyl groups excluding tert-OH is 1. The number of ether oxygens (including phenoxy) is 1. The topological polar surface area (TPSA) is 29.5 Å². The van der Waals surface area contributed by atoms with E-state index in [9.17, 15) is 0 Å². The Morgan fingerprint density at radius 2 is 2.30 bits per heavy atom. The molecule has 0 rings (SSSR count). The van der Waals surface area contributed by atoms with Crippen molar-refractivity contribution in [1.29, 1.82) is 0 Å². The Kier molecular flexibility index (Phi) is 5.26. The molecule has 2 nitrogen and oxygen atoms in total. The molecule has 0 aliphatic heterocycles. The van der Waals surface area contributed by atoms with E-state index in [1.54, 1.807) is 6.92 Å². The molecule has 0 spiro atoms. The highest BCUT2D eigenvalue weighted by Gasteiger charge is 1.93. The van der Waals surface area contributed by atoms with Gasteiger partial charge in [0.15, 0.2) is 0 Å². The Hall–Kier alpha value is -0.340. The molecule has 0 saturated carbocycles. The van der Waals surface area contributed by atoms with Gasteiger partial charge in [-0.25, -0.2) is 0 Å². The first kappa shape index (κ1) is 9.66. The van der Waals surface area contributed by atoms with Crippen molar-refractivity contribution in [3.05, 3.63) is 12.2 Å². The summed E-state index contributed by atoms with van der Waals surface area (Å²) in [5.41, 5.74) is 1.12. The predicted molar refractivity (Wildman–Crippen MR) is 41.9 cm³/mol. The molecule has 0 aliphatic rings. The summed E-state index contributed by atoms with van der Waals surface area (Å²) in [7, 11) is 0. The molecule has 0 radical (unpaired) electrons. The van der Waals surface area contributed by atoms with Gasteiger partial charge in [-0.15, -0.1) is 6.58 Å². The van der Waals surface area contributed by atoms with Crippen LogP contribution in [0.3, 0.4) is 0 Å². The Morgan fingerprint density at radius 1 is 1.70 bits per heavy atom. The average Bonchev–Trinajstić information content (AvgIpc) is 1.79. The van der Waals surface area contributed by atoms with Gasteiger partial charge >= 0.3 is 0 Å². The molecular weight excluding hydrogens is 128 g/mol. The molecule has 60 valence electrons. The first-order valence-corrected chi connectivity index (χ1v) is 3.53. The lowest BCUT2D eigenvalue weighted by atomic mass is 10.3. The minimum absolute atomic E-state index is 0.356. The molecule has 0 aromatic rings. The van der Waals surface area contributed by atoms with Gasteiger partial charge in [-0.1, -0.05) is 5.57 Å². The lowest BCUT2D eigenvalue weighted by Gasteiger charge is -2.04. The van der Waals surface area contributed by atoms with E-state index in [1.165, 1.54) is 0 Å². The van der Waals surface area contributed by atoms with Crippen molar-refractivity contribution in [3.8, 4) is 0 Å². The van der Waals surface area contributed by atoms with Crippen molar-refractivity contribution >= 4 is 0 Å². The smallest absolute Gasteiger partial charge is 0.0745 e. The number of hydrogen-bond donors (Lipinski definition) is 1. The summed E-state index contributed by atoms with van der Waals surface area (Å²) in [4.78, 5) is 0. The molecule has 1 unspecified atom stereocenters. The third kappa shape index (κ3) is 7.66. The largest absolute Gasteiger partial charge is 0.391 e. The SMILES string of the molecule is C=C(C)CCOCC(C)O. The average molecular weight is 144 g/mol. The standard InChI is InChI=1S/C8H16O2/c1-7(2)4-5-10-6-8(3)9/h8-9H,1,4-6H2,2-3H3. The van der Waals surface area contributed by atoms with Crippen molar-refractivity contribution in [1.82, 2.24) is 0 Å². The second-order valence-corrected chi connectivity index (χ2v) is 2.63. The first-order valence-electron chi connectivity index (χ1n) is 3.53. The molecule has 1 atom stereocenters. The van der Waals surface area contributed by atoms with Crippen molar-refractivity contribution in [2.24, 2.45) is 0 Å². The lowest BCUT2D eigenvalue weighted by Crippen LogP contribution is -2.10. The van der Waals surface area contributed by atoms with Gasteiger partial charge in [-0.3, -0.25) is 0 Å². The van der Waals surface area contributed by atoms with Gasteiger partial charge in [0.1, 0.15) is 0 Å². The number of hydrogen-bond acceptors (Lipinski definition) is 2. The van der Waals surface area contributed by atoms with Crippen molar-refractivity contribution in [2.75, 3.05) is 13.2 Å². The van der Waals surface area contributed by atoms with Crippen LogP contribution in [0.5, 0.6) is 0 Å². The van der Waals surface area contributed by atoms with Gasteiger partial charge in [0.05, 0.1) is 19.3 Å². The zero-order valence-electron chi connectivity index (χ0n) is 6.76. The van der Waals surface area contributed by atoms with Gasteiger partial charge in [0.2, 0.25) is 0 Å². The summed E-state index contributed by atoms with van der Waals surface area (Å²) in [6.07, 6.45) is 0.525. The second kappa shape index (κ2) is 5.45. The summed E-state index contributed by atoms with van der Waals surface area (Å²) in [6.45, 7) is 8.49. The fourth-order valence-electron chi connectivity index (χ4n) is 0.500. The van der Waals surface area contributed by atoms with Gasteiger partial charge < -0.3 is 9.84 Å². The Bertz CT molecular complexity index is 97.4. The van der Waals surface area contributed by atoms with Crippen LogP contribution in [-0.2, 0) is 4.74 Å². The summed E-state index contributed by atoms with van der Waals surface area (Å²) in [6, 6.07) is 0. The van der Waals surface area contributed by atoms with Crippen LogP contribution in [0.2, 0.25) is 0 Å². The molecule has 1 N–H and O–H groups in total. The highest BCUT2D eigenvalue weighted by molar-refractivity contribution is 4.87. The minimum atomic E-state index is -0.356. The third-order valence-electron chi connectivity index (χ3n) is 1.03. The van der Waals surface area contributed by atoms with Crippen LogP contribution < -0.4 is 0 Å². The Balaban J connectivity index is 2.98. The van der Waals surface area contributed by atoms with Crippen molar-refractivity contribution in [2.45, 2.75) is 26.4 Å². The lowest BCUT2D eigenvalue weighted by molar-refractivity contribution is 0.0478. The zero-order valence-corrected chi connectivity index (χ0v) is 6.76. The van der Waals surface area contributed by atoms with E-state index in [0.717, 1.165) is 12.0 Å². The van der Waals surface area contributed by atoms with Gasteiger partial charge in [-0.2, -0.15) is 0 Å². The van der Waals surface area contributed by atoms with Gasteiger partial charge in [0.25, 0.3) is 0 Å². The van der Waals surface area contributed by atoms with E-state index < -0.39 is 0 Å². The van der Waals surface area contributed by atoms with E-state index in [4.69, 9.17) is 9.84 Å². The molecule has 0 aromatic carbocycles. The van der Waals surface area contributed by atoms with E-state index in [2.05, 4.69) is 6.58 Å². The van der Waals surface area contributed by atoms with Crippen molar-refractivity contribution in [3.63, 3.8) is 0 Å². The summed E-state index contributed by atoms with van der Waals surface area (Å²) < 4.78 is 5.10. The maximum atomic E-state index is 8.77. The van der Waals surface area contributed by atoms with Crippen LogP contribution in [0.1, 0.15) is 20.3 Å². The van der Waals surface area contributed by atoms with Crippen molar-refractivity contribution < 1.29 is 9.84 Å². The van der Waals surface area contributed by atoms with Crippen LogP contribution in [0, 0.1) is 0 Å². The van der Waals surface area contributed by atoms with E-state index in [-0.39, 0.29) is 6.10 Å². The fourth-order valence-corrected chi connectivity index (χ4v) is 0.500. The van der Waals surface area contributed by atoms with E-state index >= 15 is 0 Å². The monoisotopic (exact) mass is 144 g/mol. The molecule has 0 aromatic heterocycles. The minimum Gasteiger partial charge on any atom is -0.391 e. The van der Waals surface area contributed by atoms with Crippen LogP contribution in [0.15, 0.2) is 12.2 Å². The second-order valence-electron chi connectivity index (χ2n) is 2.63. The quantitative estimate of drug-likeness (QED) is 0.466. The molecule has 0 saturated heterocycles. The Labute approximate surface area is 62.5 Å². The first-order chi connectivity index (χ1) is 4.63. The Morgan fingerprint density at radius 3 is 2.70 bits per heavy atom. The van der Waals surface area contributed by atoms with Crippen LogP contribution in [0.4, 0.5) is 0 Å². The van der Waals surface area contributed by atoms with E-state index in [1.807, 2.05) is 6.92 Å². The third-order valence-corrected chi connectivity index (χ3v) is 1.03. The van der Waals surface area contributed by atoms with Gasteiger partial charge in [0, 0.05) is 0 Å². The molecule has 0 bridgehead atoms. The molecule has 0 heterocycles. The van der Waals surface area contributed by atoms with Crippen LogP contribution in [0.25, 0.3) is 0 Å². The molecular formula is C8H16O2. The molecule has 10 heavy (non-hydrogen) atoms. The number of rotatable bonds is 5.